The number of aliphatic hydroxyl groups excluding tert-OH is 1. The van der Waals surface area contributed by atoms with Crippen LogP contribution in [-0.4, -0.2) is 45.2 Å². The van der Waals surface area contributed by atoms with Gasteiger partial charge in [-0.25, -0.2) is 14.5 Å². The first kappa shape index (κ1) is 21.9. The van der Waals surface area contributed by atoms with Gasteiger partial charge in [-0.3, -0.25) is 4.79 Å². The van der Waals surface area contributed by atoms with E-state index >= 15 is 0 Å². The van der Waals surface area contributed by atoms with Gasteiger partial charge in [-0.2, -0.15) is 0 Å². The van der Waals surface area contributed by atoms with Gasteiger partial charge in [-0.1, -0.05) is 30.3 Å². The molecule has 28 heavy (non-hydrogen) atoms. The van der Waals surface area contributed by atoms with E-state index in [0.717, 1.165) is 4.90 Å². The minimum Gasteiger partial charge on any atom is -0.458 e. The Hall–Kier alpha value is -2.41. The molecule has 1 N–H and O–H groups in total. The first-order chi connectivity index (χ1) is 12.8. The number of carbonyl (C=O) groups excluding carboxylic acids is 3. The highest BCUT2D eigenvalue weighted by Gasteiger charge is 2.51. The van der Waals surface area contributed by atoms with Crippen molar-refractivity contribution in [3.05, 3.63) is 35.9 Å². The predicted octanol–water partition coefficient (Wildman–Crippen LogP) is 3.21. The number of aliphatic hydroxyl groups is 1. The van der Waals surface area contributed by atoms with Crippen molar-refractivity contribution in [1.82, 2.24) is 4.90 Å². The van der Waals surface area contributed by atoms with E-state index in [9.17, 15) is 19.5 Å². The number of likely N-dealkylation sites (tertiary alicyclic amines) is 1. The van der Waals surface area contributed by atoms with E-state index in [1.165, 1.54) is 0 Å². The molecule has 1 aliphatic heterocycles. The van der Waals surface area contributed by atoms with Crippen LogP contribution in [0.3, 0.4) is 0 Å². The van der Waals surface area contributed by atoms with Crippen LogP contribution in [0, 0.1) is 5.92 Å². The van der Waals surface area contributed by atoms with E-state index in [1.54, 1.807) is 71.9 Å². The van der Waals surface area contributed by atoms with Crippen molar-refractivity contribution in [2.24, 2.45) is 5.92 Å². The molecular formula is C21H29NO6. The zero-order chi connectivity index (χ0) is 21.3. The Morgan fingerprint density at radius 1 is 1.04 bits per heavy atom. The lowest BCUT2D eigenvalue weighted by molar-refractivity contribution is -0.161. The smallest absolute Gasteiger partial charge is 0.417 e. The van der Waals surface area contributed by atoms with Gasteiger partial charge in [-0.05, 0) is 53.5 Å². The quantitative estimate of drug-likeness (QED) is 0.796. The molecule has 2 rings (SSSR count). The van der Waals surface area contributed by atoms with Gasteiger partial charge in [0.05, 0.1) is 12.0 Å². The summed E-state index contributed by atoms with van der Waals surface area (Å²) >= 11 is 0. The van der Waals surface area contributed by atoms with Gasteiger partial charge in [-0.15, -0.1) is 0 Å². The molecule has 154 valence electrons. The summed E-state index contributed by atoms with van der Waals surface area (Å²) in [6.07, 6.45) is -2.11. The van der Waals surface area contributed by atoms with E-state index in [0.29, 0.717) is 5.56 Å². The maximum atomic E-state index is 13.0. The summed E-state index contributed by atoms with van der Waals surface area (Å²) in [5.41, 5.74) is -1.09. The Balaban J connectivity index is 2.33. The molecule has 1 fully saturated rings. The summed E-state index contributed by atoms with van der Waals surface area (Å²) in [4.78, 5) is 39.1. The van der Waals surface area contributed by atoms with Gasteiger partial charge in [0.15, 0.2) is 0 Å². The zero-order valence-electron chi connectivity index (χ0n) is 17.3. The van der Waals surface area contributed by atoms with Gasteiger partial charge < -0.3 is 14.6 Å². The molecule has 1 aliphatic rings. The first-order valence-corrected chi connectivity index (χ1v) is 9.32. The summed E-state index contributed by atoms with van der Waals surface area (Å²) in [7, 11) is 0. The van der Waals surface area contributed by atoms with Crippen LogP contribution in [0.5, 0.6) is 0 Å². The van der Waals surface area contributed by atoms with Crippen LogP contribution >= 0.6 is 0 Å². The van der Waals surface area contributed by atoms with Crippen molar-refractivity contribution in [1.29, 1.82) is 0 Å². The normalized spacial score (nSPS) is 21.4. The number of hydrogen-bond donors (Lipinski definition) is 1. The molecule has 0 radical (unpaired) electrons. The van der Waals surface area contributed by atoms with Gasteiger partial charge in [0.25, 0.3) is 0 Å². The number of imide groups is 1. The first-order valence-electron chi connectivity index (χ1n) is 9.32. The van der Waals surface area contributed by atoms with Crippen molar-refractivity contribution < 1.29 is 29.0 Å². The van der Waals surface area contributed by atoms with Gasteiger partial charge in [0.2, 0.25) is 5.91 Å². The summed E-state index contributed by atoms with van der Waals surface area (Å²) in [6, 6.07) is 7.52. The van der Waals surface area contributed by atoms with Crippen molar-refractivity contribution in [2.75, 3.05) is 0 Å². The molecule has 7 nitrogen and oxygen atoms in total. The molecular weight excluding hydrogens is 362 g/mol. The molecule has 2 amide bonds. The third-order valence-electron chi connectivity index (χ3n) is 4.13. The molecule has 0 bridgehead atoms. The lowest BCUT2D eigenvalue weighted by Gasteiger charge is -2.28. The molecule has 2 unspecified atom stereocenters. The number of esters is 1. The van der Waals surface area contributed by atoms with Crippen LogP contribution in [0.25, 0.3) is 0 Å². The summed E-state index contributed by atoms with van der Waals surface area (Å²) in [5, 5.41) is 10.7. The van der Waals surface area contributed by atoms with Crippen molar-refractivity contribution >= 4 is 18.0 Å². The fourth-order valence-electron chi connectivity index (χ4n) is 3.03. The number of ether oxygens (including phenoxy) is 2. The predicted molar refractivity (Wildman–Crippen MR) is 102 cm³/mol. The average Bonchev–Trinajstić information content (AvgIpc) is 2.89. The van der Waals surface area contributed by atoms with E-state index in [-0.39, 0.29) is 6.42 Å². The second-order valence-corrected chi connectivity index (χ2v) is 8.94. The van der Waals surface area contributed by atoms with Crippen molar-refractivity contribution in [3.63, 3.8) is 0 Å². The lowest BCUT2D eigenvalue weighted by atomic mass is 9.93. The average molecular weight is 391 g/mol. The van der Waals surface area contributed by atoms with Crippen LogP contribution in [0.15, 0.2) is 30.3 Å². The second kappa shape index (κ2) is 7.91. The van der Waals surface area contributed by atoms with Gasteiger partial charge in [0, 0.05) is 0 Å². The number of amides is 2. The van der Waals surface area contributed by atoms with Crippen LogP contribution in [0.4, 0.5) is 4.79 Å². The van der Waals surface area contributed by atoms with Crippen LogP contribution in [-0.2, 0) is 19.1 Å². The molecule has 0 aliphatic carbocycles. The van der Waals surface area contributed by atoms with Gasteiger partial charge >= 0.3 is 12.1 Å². The van der Waals surface area contributed by atoms with Crippen LogP contribution in [0.2, 0.25) is 0 Å². The molecule has 7 heteroatoms. The van der Waals surface area contributed by atoms with Gasteiger partial charge in [0.1, 0.15) is 17.2 Å². The highest BCUT2D eigenvalue weighted by molar-refractivity contribution is 6.01. The lowest BCUT2D eigenvalue weighted by Crippen LogP contribution is -2.47. The number of benzene rings is 1. The molecule has 1 saturated heterocycles. The fourth-order valence-corrected chi connectivity index (χ4v) is 3.03. The SMILES string of the molecule is CC(C)(C)OC(=O)[C@@H]1CC(C(O)c2ccccc2)C(=O)N1C(=O)OC(C)(C)C. The van der Waals surface area contributed by atoms with E-state index in [2.05, 4.69) is 0 Å². The Labute approximate surface area is 165 Å². The molecule has 3 atom stereocenters. The minimum atomic E-state index is -1.15. The molecule has 0 spiro atoms. The maximum Gasteiger partial charge on any atom is 0.417 e. The number of nitrogens with zero attached hydrogens (tertiary/aromatic N) is 1. The Morgan fingerprint density at radius 2 is 1.57 bits per heavy atom. The van der Waals surface area contributed by atoms with Crippen molar-refractivity contribution in [3.8, 4) is 0 Å². The van der Waals surface area contributed by atoms with E-state index in [4.69, 9.17) is 9.47 Å². The largest absolute Gasteiger partial charge is 0.458 e. The highest BCUT2D eigenvalue weighted by Crippen LogP contribution is 2.36. The minimum absolute atomic E-state index is 0.0386. The monoisotopic (exact) mass is 391 g/mol. The molecule has 0 aromatic heterocycles. The summed E-state index contributed by atoms with van der Waals surface area (Å²) in [5.74, 6) is -2.30. The molecule has 1 aromatic carbocycles. The molecule has 1 heterocycles. The summed E-state index contributed by atoms with van der Waals surface area (Å²) < 4.78 is 10.7. The zero-order valence-corrected chi connectivity index (χ0v) is 17.3. The summed E-state index contributed by atoms with van der Waals surface area (Å²) in [6.45, 7) is 10.1. The Morgan fingerprint density at radius 3 is 2.07 bits per heavy atom. The number of rotatable bonds is 3. The topological polar surface area (TPSA) is 93.1 Å². The molecule has 0 saturated carbocycles. The van der Waals surface area contributed by atoms with Crippen molar-refractivity contribution in [2.45, 2.75) is 71.3 Å². The fraction of sp³-hybridized carbons (Fsp3) is 0.571. The van der Waals surface area contributed by atoms with Crippen LogP contribution < -0.4 is 0 Å². The maximum absolute atomic E-state index is 13.0. The standard InChI is InChI=1S/C21H29NO6/c1-20(2,3)27-18(25)15-12-14(16(23)13-10-8-7-9-11-13)17(24)22(15)19(26)28-21(4,5)6/h7-11,14-16,23H,12H2,1-6H3/t14?,15-,16?/m0/s1. The van der Waals surface area contributed by atoms with E-state index < -0.39 is 47.2 Å². The third kappa shape index (κ3) is 5.32. The number of carbonyl (C=O) groups is 3. The Kier molecular flexibility index (Phi) is 6.18. The highest BCUT2D eigenvalue weighted by atomic mass is 16.6. The number of hydrogen-bond acceptors (Lipinski definition) is 6. The molecule has 1 aromatic rings. The Bertz CT molecular complexity index is 732. The third-order valence-corrected chi connectivity index (χ3v) is 4.13. The van der Waals surface area contributed by atoms with Crippen LogP contribution in [0.1, 0.15) is 59.6 Å². The van der Waals surface area contributed by atoms with E-state index in [1.807, 2.05) is 0 Å². The second-order valence-electron chi connectivity index (χ2n) is 8.94.